The predicted octanol–water partition coefficient (Wildman–Crippen LogP) is 4.39. The van der Waals surface area contributed by atoms with Gasteiger partial charge in [0.1, 0.15) is 0 Å². The first-order valence-electron chi connectivity index (χ1n) is 10.3. The van der Waals surface area contributed by atoms with Crippen LogP contribution < -0.4 is 14.8 Å². The number of benzene rings is 3. The molecule has 0 saturated carbocycles. The number of rotatable bonds is 4. The lowest BCUT2D eigenvalue weighted by molar-refractivity contribution is -0.0459. The van der Waals surface area contributed by atoms with E-state index < -0.39 is 5.79 Å². The van der Waals surface area contributed by atoms with Crippen LogP contribution in [0, 0.1) is 5.92 Å². The van der Waals surface area contributed by atoms with Gasteiger partial charge in [0.05, 0.1) is 0 Å². The zero-order valence-electron chi connectivity index (χ0n) is 16.3. The molecule has 29 heavy (non-hydrogen) atoms. The van der Waals surface area contributed by atoms with Crippen LogP contribution >= 0.6 is 0 Å². The van der Waals surface area contributed by atoms with Gasteiger partial charge in [-0.05, 0) is 37.1 Å². The van der Waals surface area contributed by atoms with Crippen LogP contribution in [-0.2, 0) is 5.79 Å². The summed E-state index contributed by atoms with van der Waals surface area (Å²) in [5, 5.41) is 13.4. The first-order valence-corrected chi connectivity index (χ1v) is 10.3. The molecule has 0 aliphatic carbocycles. The maximum atomic E-state index is 9.80. The molecule has 2 aliphatic heterocycles. The second-order valence-corrected chi connectivity index (χ2v) is 7.78. The average Bonchev–Trinajstić information content (AvgIpc) is 3.20. The van der Waals surface area contributed by atoms with Crippen molar-refractivity contribution in [2.45, 2.75) is 24.7 Å². The van der Waals surface area contributed by atoms with Crippen molar-refractivity contribution in [2.75, 3.05) is 13.2 Å². The number of aliphatic hydroxyl groups excluding tert-OH is 1. The van der Waals surface area contributed by atoms with Gasteiger partial charge in [-0.2, -0.15) is 0 Å². The van der Waals surface area contributed by atoms with Crippen molar-refractivity contribution in [2.24, 2.45) is 5.92 Å². The maximum Gasteiger partial charge on any atom is 0.305 e. The Hall–Kier alpha value is -2.82. The highest BCUT2D eigenvalue weighted by Crippen LogP contribution is 2.48. The number of hydrogen-bond donors (Lipinski definition) is 2. The molecular formula is C25H25NO3. The second kappa shape index (κ2) is 7.54. The molecule has 0 aromatic heterocycles. The highest BCUT2D eigenvalue weighted by atomic mass is 16.7. The molecule has 2 unspecified atom stereocenters. The summed E-state index contributed by atoms with van der Waals surface area (Å²) in [6.07, 6.45) is 2.12. The number of aliphatic hydroxyl groups is 1. The van der Waals surface area contributed by atoms with Crippen LogP contribution in [0.2, 0.25) is 0 Å². The van der Waals surface area contributed by atoms with Gasteiger partial charge in [-0.25, -0.2) is 0 Å². The van der Waals surface area contributed by atoms with E-state index in [1.807, 2.05) is 66.7 Å². The maximum absolute atomic E-state index is 9.80. The van der Waals surface area contributed by atoms with Gasteiger partial charge in [0, 0.05) is 29.7 Å². The highest BCUT2D eigenvalue weighted by molar-refractivity contribution is 5.51. The van der Waals surface area contributed by atoms with Crippen LogP contribution in [0.4, 0.5) is 0 Å². The van der Waals surface area contributed by atoms with Crippen molar-refractivity contribution in [1.29, 1.82) is 0 Å². The van der Waals surface area contributed by atoms with E-state index >= 15 is 0 Å². The second-order valence-electron chi connectivity index (χ2n) is 7.78. The number of hydrogen-bond acceptors (Lipinski definition) is 4. The minimum absolute atomic E-state index is 0.131. The van der Waals surface area contributed by atoms with Crippen LogP contribution in [0.3, 0.4) is 0 Å². The molecule has 3 aromatic carbocycles. The fraction of sp³-hybridized carbons (Fsp3) is 0.280. The summed E-state index contributed by atoms with van der Waals surface area (Å²) in [5.41, 5.74) is 3.03. The molecule has 2 aliphatic rings. The van der Waals surface area contributed by atoms with Crippen molar-refractivity contribution in [3.63, 3.8) is 0 Å². The summed E-state index contributed by atoms with van der Waals surface area (Å²) in [7, 11) is 0. The van der Waals surface area contributed by atoms with Crippen molar-refractivity contribution in [3.05, 3.63) is 95.6 Å². The van der Waals surface area contributed by atoms with Crippen molar-refractivity contribution in [1.82, 2.24) is 5.32 Å². The fourth-order valence-electron chi connectivity index (χ4n) is 4.47. The van der Waals surface area contributed by atoms with Crippen LogP contribution in [0.25, 0.3) is 0 Å². The Balaban J connectivity index is 1.54. The van der Waals surface area contributed by atoms with E-state index in [4.69, 9.17) is 9.47 Å². The van der Waals surface area contributed by atoms with E-state index in [0.717, 1.165) is 47.6 Å². The molecule has 5 rings (SSSR count). The van der Waals surface area contributed by atoms with Crippen LogP contribution in [-0.4, -0.2) is 18.3 Å². The van der Waals surface area contributed by atoms with E-state index in [1.165, 1.54) is 0 Å². The van der Waals surface area contributed by atoms with Crippen LogP contribution in [0.15, 0.2) is 78.9 Å². The number of ether oxygens (including phenoxy) is 2. The molecule has 0 radical (unpaired) electrons. The average molecular weight is 387 g/mol. The molecule has 3 aromatic rings. The van der Waals surface area contributed by atoms with Crippen molar-refractivity contribution in [3.8, 4) is 11.5 Å². The van der Waals surface area contributed by atoms with E-state index in [1.54, 1.807) is 0 Å². The molecule has 4 nitrogen and oxygen atoms in total. The molecule has 0 amide bonds. The predicted molar refractivity (Wildman–Crippen MR) is 112 cm³/mol. The normalized spacial score (nSPS) is 22.4. The Bertz CT molecular complexity index is 934. The summed E-state index contributed by atoms with van der Waals surface area (Å²) in [5.74, 6) is 0.689. The van der Waals surface area contributed by atoms with Gasteiger partial charge in [0.15, 0.2) is 11.5 Å². The molecule has 148 valence electrons. The molecule has 2 atom stereocenters. The lowest BCUT2D eigenvalue weighted by atomic mass is 9.87. The molecule has 4 heteroatoms. The zero-order chi connectivity index (χ0) is 19.7. The lowest BCUT2D eigenvalue weighted by Gasteiger charge is -2.31. The monoisotopic (exact) mass is 387 g/mol. The van der Waals surface area contributed by atoms with Gasteiger partial charge in [0.2, 0.25) is 0 Å². The lowest BCUT2D eigenvalue weighted by Crippen LogP contribution is -2.36. The van der Waals surface area contributed by atoms with Gasteiger partial charge in [0.25, 0.3) is 0 Å². The van der Waals surface area contributed by atoms with Crippen LogP contribution in [0.5, 0.6) is 11.5 Å². The Labute approximate surface area is 171 Å². The third kappa shape index (κ3) is 3.18. The highest BCUT2D eigenvalue weighted by Gasteiger charge is 2.45. The van der Waals surface area contributed by atoms with E-state index in [9.17, 15) is 5.11 Å². The molecule has 1 fully saturated rings. The first-order chi connectivity index (χ1) is 14.3. The summed E-state index contributed by atoms with van der Waals surface area (Å²) in [4.78, 5) is 0. The van der Waals surface area contributed by atoms with Gasteiger partial charge in [-0.3, -0.25) is 0 Å². The van der Waals surface area contributed by atoms with Gasteiger partial charge < -0.3 is 19.9 Å². The van der Waals surface area contributed by atoms with E-state index in [0.29, 0.717) is 0 Å². The largest absolute Gasteiger partial charge is 0.440 e. The molecule has 2 N–H and O–H groups in total. The Morgan fingerprint density at radius 2 is 1.52 bits per heavy atom. The van der Waals surface area contributed by atoms with Gasteiger partial charge in [-0.15, -0.1) is 0 Å². The number of fused-ring (bicyclic) bond motifs is 1. The third-order valence-corrected chi connectivity index (χ3v) is 5.96. The third-order valence-electron chi connectivity index (χ3n) is 5.96. The Kier molecular flexibility index (Phi) is 4.74. The Morgan fingerprint density at radius 1 is 0.862 bits per heavy atom. The summed E-state index contributed by atoms with van der Waals surface area (Å²) < 4.78 is 13.0. The minimum Gasteiger partial charge on any atom is -0.440 e. The summed E-state index contributed by atoms with van der Waals surface area (Å²) in [6, 6.07) is 26.4. The molecular weight excluding hydrogens is 362 g/mol. The topological polar surface area (TPSA) is 50.7 Å². The van der Waals surface area contributed by atoms with E-state index in [-0.39, 0.29) is 18.6 Å². The summed E-state index contributed by atoms with van der Waals surface area (Å²) >= 11 is 0. The first kappa shape index (κ1) is 18.2. The molecule has 1 saturated heterocycles. The molecule has 2 heterocycles. The quantitative estimate of drug-likeness (QED) is 0.697. The number of piperidine rings is 1. The Morgan fingerprint density at radius 3 is 2.17 bits per heavy atom. The smallest absolute Gasteiger partial charge is 0.305 e. The molecule has 0 bridgehead atoms. The minimum atomic E-state index is -1.00. The SMILES string of the molecule is OCC1CCCNC1c1ccc2c(c1)OC(c1ccccc1)(c1ccccc1)O2. The van der Waals surface area contributed by atoms with Gasteiger partial charge in [-0.1, -0.05) is 66.7 Å². The van der Waals surface area contributed by atoms with Crippen molar-refractivity contribution < 1.29 is 14.6 Å². The molecule has 0 spiro atoms. The van der Waals surface area contributed by atoms with Crippen molar-refractivity contribution >= 4 is 0 Å². The fourth-order valence-corrected chi connectivity index (χ4v) is 4.47. The summed E-state index contributed by atoms with van der Waals surface area (Å²) in [6.45, 7) is 1.15. The number of nitrogens with one attached hydrogen (secondary N) is 1. The standard InChI is InChI=1S/C25H25NO3/c27-17-19-8-7-15-26-24(19)18-13-14-22-23(16-18)29-25(28-22,20-9-3-1-4-10-20)21-11-5-2-6-12-21/h1-6,9-14,16,19,24,26-27H,7-8,15,17H2. The van der Waals surface area contributed by atoms with E-state index in [2.05, 4.69) is 17.4 Å². The van der Waals surface area contributed by atoms with Crippen LogP contribution in [0.1, 0.15) is 35.6 Å². The van der Waals surface area contributed by atoms with Gasteiger partial charge >= 0.3 is 5.79 Å². The zero-order valence-corrected chi connectivity index (χ0v) is 16.3.